The summed E-state index contributed by atoms with van der Waals surface area (Å²) in [6.07, 6.45) is 2.74. The minimum Gasteiger partial charge on any atom is -0.379 e. The molecule has 2 aromatic rings. The number of ether oxygens (including phenoxy) is 2. The molecule has 1 atom stereocenters. The molecule has 0 radical (unpaired) electrons. The van der Waals surface area contributed by atoms with Crippen LogP contribution in [-0.2, 0) is 22.6 Å². The molecule has 8 nitrogen and oxygen atoms in total. The summed E-state index contributed by atoms with van der Waals surface area (Å²) in [4.78, 5) is 16.3. The van der Waals surface area contributed by atoms with E-state index in [4.69, 9.17) is 26.1 Å². The third-order valence-electron chi connectivity index (χ3n) is 6.76. The van der Waals surface area contributed by atoms with E-state index in [-0.39, 0.29) is 5.60 Å². The molecule has 3 fully saturated rings. The first-order valence-corrected chi connectivity index (χ1v) is 12.2. The second-order valence-electron chi connectivity index (χ2n) is 9.37. The minimum atomic E-state index is -0.118. The number of likely N-dealkylation sites (tertiary alicyclic amines) is 1. The highest BCUT2D eigenvalue weighted by Crippen LogP contribution is 2.31. The normalized spacial score (nSPS) is 24.5. The molecule has 3 saturated heterocycles. The number of morpholine rings is 2. The third kappa shape index (κ3) is 5.58. The maximum absolute atomic E-state index is 6.42. The number of rotatable bonds is 6. The lowest BCUT2D eigenvalue weighted by atomic mass is 10.0. The first-order chi connectivity index (χ1) is 16.1. The number of halogens is 1. The van der Waals surface area contributed by atoms with Gasteiger partial charge in [-0.05, 0) is 24.6 Å². The Balaban J connectivity index is 1.20. The van der Waals surface area contributed by atoms with Crippen molar-refractivity contribution in [1.29, 1.82) is 0 Å². The monoisotopic (exact) mass is 472 g/mol. The van der Waals surface area contributed by atoms with Gasteiger partial charge in [-0.2, -0.15) is 4.98 Å². The topological polar surface area (TPSA) is 66.0 Å². The summed E-state index contributed by atoms with van der Waals surface area (Å²) in [5, 5.41) is 3.94. The van der Waals surface area contributed by atoms with Crippen LogP contribution in [0, 0.1) is 0 Å². The van der Waals surface area contributed by atoms with Gasteiger partial charge < -0.3 is 24.6 Å². The fourth-order valence-electron chi connectivity index (χ4n) is 4.91. The van der Waals surface area contributed by atoms with E-state index in [2.05, 4.69) is 56.3 Å². The van der Waals surface area contributed by atoms with Crippen molar-refractivity contribution in [3.05, 3.63) is 46.6 Å². The molecule has 9 heteroatoms. The summed E-state index contributed by atoms with van der Waals surface area (Å²) in [6.45, 7) is 9.58. The van der Waals surface area contributed by atoms with Gasteiger partial charge in [0.05, 0.1) is 38.2 Å². The van der Waals surface area contributed by atoms with Gasteiger partial charge in [0.1, 0.15) is 5.02 Å². The number of hydrogen-bond donors (Lipinski definition) is 1. The summed E-state index contributed by atoms with van der Waals surface area (Å²) in [7, 11) is 2.15. The molecule has 33 heavy (non-hydrogen) atoms. The van der Waals surface area contributed by atoms with Gasteiger partial charge in [0.15, 0.2) is 5.82 Å². The lowest BCUT2D eigenvalue weighted by molar-refractivity contribution is -0.0462. The summed E-state index contributed by atoms with van der Waals surface area (Å²) < 4.78 is 11.6. The molecule has 1 aromatic carbocycles. The molecule has 0 bridgehead atoms. The SMILES string of the molecule is CN1CCC2(C1)CN(c1ncc(Cl)c(NCc3ccc(CN4CCOCC4)cc3)n1)CCO2. The summed E-state index contributed by atoms with van der Waals surface area (Å²) in [6, 6.07) is 8.73. The number of nitrogens with zero attached hydrogens (tertiary/aromatic N) is 5. The molecule has 3 aliphatic heterocycles. The average molecular weight is 473 g/mol. The van der Waals surface area contributed by atoms with Gasteiger partial charge in [0, 0.05) is 45.8 Å². The van der Waals surface area contributed by atoms with E-state index >= 15 is 0 Å². The lowest BCUT2D eigenvalue weighted by Crippen LogP contribution is -2.53. The predicted molar refractivity (Wildman–Crippen MR) is 130 cm³/mol. The Hall–Kier alpha value is -1.97. The first-order valence-electron chi connectivity index (χ1n) is 11.8. The van der Waals surface area contributed by atoms with Crippen LogP contribution >= 0.6 is 11.6 Å². The number of likely N-dealkylation sites (N-methyl/N-ethyl adjacent to an activating group) is 1. The molecule has 0 aliphatic carbocycles. The van der Waals surface area contributed by atoms with E-state index in [1.54, 1.807) is 6.20 Å². The Morgan fingerprint density at radius 2 is 1.82 bits per heavy atom. The largest absolute Gasteiger partial charge is 0.379 e. The summed E-state index contributed by atoms with van der Waals surface area (Å²) >= 11 is 6.42. The van der Waals surface area contributed by atoms with E-state index in [1.165, 1.54) is 11.1 Å². The first kappa shape index (κ1) is 22.8. The zero-order chi connectivity index (χ0) is 22.7. The zero-order valence-corrected chi connectivity index (χ0v) is 20.1. The Kier molecular flexibility index (Phi) is 6.99. The van der Waals surface area contributed by atoms with Gasteiger partial charge >= 0.3 is 0 Å². The Morgan fingerprint density at radius 1 is 1.03 bits per heavy atom. The van der Waals surface area contributed by atoms with Crippen LogP contribution in [0.3, 0.4) is 0 Å². The summed E-state index contributed by atoms with van der Waals surface area (Å²) in [5.74, 6) is 1.38. The Bertz CT molecular complexity index is 935. The van der Waals surface area contributed by atoms with Crippen LogP contribution in [0.4, 0.5) is 11.8 Å². The highest BCUT2D eigenvalue weighted by atomic mass is 35.5. The molecule has 1 aromatic heterocycles. The van der Waals surface area contributed by atoms with Crippen LogP contribution in [-0.4, -0.2) is 91.5 Å². The van der Waals surface area contributed by atoms with E-state index in [0.717, 1.165) is 65.4 Å². The smallest absolute Gasteiger partial charge is 0.227 e. The molecule has 1 spiro atoms. The van der Waals surface area contributed by atoms with Crippen LogP contribution in [0.25, 0.3) is 0 Å². The third-order valence-corrected chi connectivity index (χ3v) is 7.04. The van der Waals surface area contributed by atoms with E-state index < -0.39 is 0 Å². The number of anilines is 2. The van der Waals surface area contributed by atoms with Crippen molar-refractivity contribution in [2.24, 2.45) is 0 Å². The van der Waals surface area contributed by atoms with Gasteiger partial charge in [-0.3, -0.25) is 4.90 Å². The van der Waals surface area contributed by atoms with Crippen molar-refractivity contribution in [2.75, 3.05) is 76.4 Å². The fraction of sp³-hybridized carbons (Fsp3) is 0.583. The second-order valence-corrected chi connectivity index (χ2v) is 9.77. The van der Waals surface area contributed by atoms with Gasteiger partial charge in [-0.15, -0.1) is 0 Å². The Labute approximate surface area is 200 Å². The van der Waals surface area contributed by atoms with E-state index in [9.17, 15) is 0 Å². The predicted octanol–water partition coefficient (Wildman–Crippen LogP) is 2.49. The number of benzene rings is 1. The molecule has 1 N–H and O–H groups in total. The molecule has 0 saturated carbocycles. The molecule has 3 aliphatic rings. The highest BCUT2D eigenvalue weighted by Gasteiger charge is 2.42. The summed E-state index contributed by atoms with van der Waals surface area (Å²) in [5.41, 5.74) is 2.39. The van der Waals surface area contributed by atoms with Crippen LogP contribution in [0.15, 0.2) is 30.5 Å². The molecule has 0 amide bonds. The van der Waals surface area contributed by atoms with Crippen LogP contribution in [0.1, 0.15) is 17.5 Å². The maximum atomic E-state index is 6.42. The average Bonchev–Trinajstić information content (AvgIpc) is 3.19. The molecule has 5 rings (SSSR count). The van der Waals surface area contributed by atoms with Crippen molar-refractivity contribution in [3.8, 4) is 0 Å². The molecule has 178 valence electrons. The quantitative estimate of drug-likeness (QED) is 0.688. The van der Waals surface area contributed by atoms with E-state index in [1.807, 2.05) is 0 Å². The Morgan fingerprint density at radius 3 is 2.58 bits per heavy atom. The molecule has 1 unspecified atom stereocenters. The fourth-order valence-corrected chi connectivity index (χ4v) is 5.06. The molecular weight excluding hydrogens is 440 g/mol. The molecule has 4 heterocycles. The number of hydrogen-bond acceptors (Lipinski definition) is 8. The van der Waals surface area contributed by atoms with Crippen LogP contribution in [0.5, 0.6) is 0 Å². The van der Waals surface area contributed by atoms with Gasteiger partial charge in [-0.1, -0.05) is 35.9 Å². The standard InChI is InChI=1S/C24H33ClN6O2/c1-29-7-6-24(17-29)18-31(10-13-33-24)23-27-15-21(25)22(28-23)26-14-19-2-4-20(5-3-19)16-30-8-11-32-12-9-30/h2-5,15H,6-14,16-18H2,1H3,(H,26,27,28). The zero-order valence-electron chi connectivity index (χ0n) is 19.3. The van der Waals surface area contributed by atoms with Gasteiger partial charge in [0.25, 0.3) is 0 Å². The van der Waals surface area contributed by atoms with Crippen LogP contribution in [0.2, 0.25) is 5.02 Å². The van der Waals surface area contributed by atoms with Gasteiger partial charge in [0.2, 0.25) is 5.95 Å². The van der Waals surface area contributed by atoms with E-state index in [0.29, 0.717) is 29.9 Å². The van der Waals surface area contributed by atoms with Crippen molar-refractivity contribution >= 4 is 23.4 Å². The number of aromatic nitrogens is 2. The van der Waals surface area contributed by atoms with Crippen molar-refractivity contribution in [3.63, 3.8) is 0 Å². The highest BCUT2D eigenvalue weighted by molar-refractivity contribution is 6.32. The lowest BCUT2D eigenvalue weighted by Gasteiger charge is -2.40. The number of nitrogens with one attached hydrogen (secondary N) is 1. The maximum Gasteiger partial charge on any atom is 0.227 e. The molecular formula is C24H33ClN6O2. The van der Waals surface area contributed by atoms with Gasteiger partial charge in [-0.25, -0.2) is 4.98 Å². The van der Waals surface area contributed by atoms with Crippen molar-refractivity contribution < 1.29 is 9.47 Å². The van der Waals surface area contributed by atoms with Crippen molar-refractivity contribution in [2.45, 2.75) is 25.1 Å². The minimum absolute atomic E-state index is 0.118. The second kappa shape index (κ2) is 10.1. The van der Waals surface area contributed by atoms with Crippen LogP contribution < -0.4 is 10.2 Å². The van der Waals surface area contributed by atoms with Crippen molar-refractivity contribution in [1.82, 2.24) is 19.8 Å².